The summed E-state index contributed by atoms with van der Waals surface area (Å²) in [6.07, 6.45) is 3.56. The minimum atomic E-state index is 0.470. The molecule has 1 heterocycles. The van der Waals surface area contributed by atoms with Gasteiger partial charge in [0.1, 0.15) is 11.9 Å². The van der Waals surface area contributed by atoms with E-state index in [0.717, 1.165) is 0 Å². The summed E-state index contributed by atoms with van der Waals surface area (Å²) < 4.78 is 0. The van der Waals surface area contributed by atoms with Crippen molar-refractivity contribution >= 4 is 11.5 Å². The summed E-state index contributed by atoms with van der Waals surface area (Å²) >= 11 is 0. The predicted octanol–water partition coefficient (Wildman–Crippen LogP) is 1.91. The van der Waals surface area contributed by atoms with E-state index in [1.54, 1.807) is 6.07 Å². The molecule has 78 valence electrons. The van der Waals surface area contributed by atoms with Crippen LogP contribution in [-0.4, -0.2) is 11.5 Å². The molecule has 1 aromatic heterocycles. The molecule has 0 amide bonds. The van der Waals surface area contributed by atoms with Crippen molar-refractivity contribution in [1.29, 1.82) is 5.26 Å². The van der Waals surface area contributed by atoms with Gasteiger partial charge in [0.15, 0.2) is 0 Å². The van der Waals surface area contributed by atoms with Crippen molar-refractivity contribution in [3.8, 4) is 6.07 Å². The molecule has 0 saturated heterocycles. The monoisotopic (exact) mass is 202 g/mol. The first-order valence-corrected chi connectivity index (χ1v) is 4.66. The van der Waals surface area contributed by atoms with Crippen LogP contribution in [0.5, 0.6) is 0 Å². The molecule has 0 aliphatic rings. The van der Waals surface area contributed by atoms with E-state index in [9.17, 15) is 0 Å². The van der Waals surface area contributed by atoms with E-state index >= 15 is 0 Å². The third-order valence-electron chi connectivity index (χ3n) is 1.81. The first-order valence-electron chi connectivity index (χ1n) is 4.66. The van der Waals surface area contributed by atoms with E-state index in [-0.39, 0.29) is 0 Å². The Balaban J connectivity index is 2.78. The maximum atomic E-state index is 8.85. The lowest BCUT2D eigenvalue weighted by Gasteiger charge is -2.05. The molecule has 0 bridgehead atoms. The highest BCUT2D eigenvalue weighted by molar-refractivity contribution is 5.57. The van der Waals surface area contributed by atoms with E-state index in [1.807, 2.05) is 26.0 Å². The van der Waals surface area contributed by atoms with Crippen molar-refractivity contribution in [1.82, 2.24) is 4.98 Å². The van der Waals surface area contributed by atoms with Gasteiger partial charge in [0.05, 0.1) is 17.4 Å². The molecule has 0 saturated carbocycles. The largest absolute Gasteiger partial charge is 0.397 e. The lowest BCUT2D eigenvalue weighted by molar-refractivity contribution is 1.19. The van der Waals surface area contributed by atoms with Gasteiger partial charge in [-0.15, -0.1) is 0 Å². The summed E-state index contributed by atoms with van der Waals surface area (Å²) in [5.41, 5.74) is 7.71. The highest BCUT2D eigenvalue weighted by atomic mass is 15.0. The van der Waals surface area contributed by atoms with Crippen LogP contribution in [0.25, 0.3) is 0 Å². The summed E-state index contributed by atoms with van der Waals surface area (Å²) in [7, 11) is 0. The summed E-state index contributed by atoms with van der Waals surface area (Å²) in [4.78, 5) is 4.06. The molecule has 0 aromatic carbocycles. The third kappa shape index (κ3) is 3.31. The van der Waals surface area contributed by atoms with Gasteiger partial charge in [0.25, 0.3) is 0 Å². The number of nitrogen functional groups attached to an aromatic ring is 1. The average molecular weight is 202 g/mol. The Morgan fingerprint density at radius 3 is 3.00 bits per heavy atom. The van der Waals surface area contributed by atoms with Crippen LogP contribution in [0.1, 0.15) is 19.4 Å². The van der Waals surface area contributed by atoms with Gasteiger partial charge in [-0.05, 0) is 19.9 Å². The van der Waals surface area contributed by atoms with Gasteiger partial charge < -0.3 is 11.1 Å². The number of nitriles is 1. The molecule has 0 spiro atoms. The van der Waals surface area contributed by atoms with Crippen LogP contribution in [-0.2, 0) is 0 Å². The molecular formula is C11H14N4. The van der Waals surface area contributed by atoms with Gasteiger partial charge in [-0.2, -0.15) is 5.26 Å². The number of hydrogen-bond donors (Lipinski definition) is 2. The molecule has 0 fully saturated rings. The quantitative estimate of drug-likeness (QED) is 0.734. The van der Waals surface area contributed by atoms with Crippen LogP contribution < -0.4 is 11.1 Å². The highest BCUT2D eigenvalue weighted by Crippen LogP contribution is 2.13. The van der Waals surface area contributed by atoms with Crippen LogP contribution in [0.15, 0.2) is 23.9 Å². The fraction of sp³-hybridized carbons (Fsp3) is 0.273. The van der Waals surface area contributed by atoms with Gasteiger partial charge in [-0.1, -0.05) is 11.6 Å². The SMILES string of the molecule is CC(C)=CCNc1ncc(N)cc1C#N. The molecule has 1 aromatic rings. The number of nitrogens with two attached hydrogens (primary N) is 1. The topological polar surface area (TPSA) is 74.7 Å². The van der Waals surface area contributed by atoms with Gasteiger partial charge in [0.2, 0.25) is 0 Å². The highest BCUT2D eigenvalue weighted by Gasteiger charge is 2.02. The number of anilines is 2. The molecule has 0 unspecified atom stereocenters. The second-order valence-corrected chi connectivity index (χ2v) is 3.44. The zero-order valence-corrected chi connectivity index (χ0v) is 8.91. The third-order valence-corrected chi connectivity index (χ3v) is 1.81. The van der Waals surface area contributed by atoms with Crippen LogP contribution in [0.4, 0.5) is 11.5 Å². The molecule has 0 atom stereocenters. The summed E-state index contributed by atoms with van der Waals surface area (Å²) in [6.45, 7) is 4.69. The smallest absolute Gasteiger partial charge is 0.144 e. The maximum absolute atomic E-state index is 8.85. The number of nitrogens with zero attached hydrogens (tertiary/aromatic N) is 2. The number of pyridine rings is 1. The molecule has 15 heavy (non-hydrogen) atoms. The van der Waals surface area contributed by atoms with E-state index in [0.29, 0.717) is 23.6 Å². The average Bonchev–Trinajstić information content (AvgIpc) is 2.19. The lowest BCUT2D eigenvalue weighted by atomic mass is 10.2. The van der Waals surface area contributed by atoms with Crippen molar-refractivity contribution in [2.75, 3.05) is 17.6 Å². The van der Waals surface area contributed by atoms with Gasteiger partial charge in [-0.25, -0.2) is 4.98 Å². The Kier molecular flexibility index (Phi) is 3.69. The van der Waals surface area contributed by atoms with Crippen LogP contribution >= 0.6 is 0 Å². The minimum absolute atomic E-state index is 0.470. The predicted molar refractivity (Wildman–Crippen MR) is 61.3 cm³/mol. The van der Waals surface area contributed by atoms with Crippen molar-refractivity contribution in [3.63, 3.8) is 0 Å². The summed E-state index contributed by atoms with van der Waals surface area (Å²) in [5.74, 6) is 0.573. The van der Waals surface area contributed by atoms with E-state index in [2.05, 4.69) is 10.3 Å². The Morgan fingerprint density at radius 1 is 1.67 bits per heavy atom. The van der Waals surface area contributed by atoms with E-state index < -0.39 is 0 Å². The van der Waals surface area contributed by atoms with E-state index in [1.165, 1.54) is 11.8 Å². The number of aromatic nitrogens is 1. The molecule has 1 rings (SSSR count). The van der Waals surface area contributed by atoms with Crippen molar-refractivity contribution in [2.24, 2.45) is 0 Å². The fourth-order valence-electron chi connectivity index (χ4n) is 1.06. The Labute approximate surface area is 89.4 Å². The fourth-order valence-corrected chi connectivity index (χ4v) is 1.06. The zero-order valence-electron chi connectivity index (χ0n) is 8.91. The summed E-state index contributed by atoms with van der Waals surface area (Å²) in [5, 5.41) is 11.9. The van der Waals surface area contributed by atoms with Gasteiger partial charge in [0, 0.05) is 6.54 Å². The number of nitrogens with one attached hydrogen (secondary N) is 1. The van der Waals surface area contributed by atoms with Crippen LogP contribution in [0, 0.1) is 11.3 Å². The molecule has 4 nitrogen and oxygen atoms in total. The Hall–Kier alpha value is -2.02. The molecule has 3 N–H and O–H groups in total. The summed E-state index contributed by atoms with van der Waals surface area (Å²) in [6, 6.07) is 3.66. The molecule has 4 heteroatoms. The normalized spacial score (nSPS) is 9.13. The second-order valence-electron chi connectivity index (χ2n) is 3.44. The first kappa shape index (κ1) is 11.1. The zero-order chi connectivity index (χ0) is 11.3. The van der Waals surface area contributed by atoms with Crippen molar-refractivity contribution < 1.29 is 0 Å². The van der Waals surface area contributed by atoms with Gasteiger partial charge >= 0.3 is 0 Å². The van der Waals surface area contributed by atoms with Crippen LogP contribution in [0.3, 0.4) is 0 Å². The van der Waals surface area contributed by atoms with Crippen molar-refractivity contribution in [2.45, 2.75) is 13.8 Å². The number of rotatable bonds is 3. The number of allylic oxidation sites excluding steroid dienone is 1. The Morgan fingerprint density at radius 2 is 2.40 bits per heavy atom. The lowest BCUT2D eigenvalue weighted by Crippen LogP contribution is -2.04. The molecule has 0 aliphatic carbocycles. The van der Waals surface area contributed by atoms with Crippen LogP contribution in [0.2, 0.25) is 0 Å². The standard InChI is InChI=1S/C11H14N4/c1-8(2)3-4-14-11-9(6-12)5-10(13)7-15-11/h3,5,7H,4,13H2,1-2H3,(H,14,15). The maximum Gasteiger partial charge on any atom is 0.144 e. The van der Waals surface area contributed by atoms with E-state index in [4.69, 9.17) is 11.0 Å². The van der Waals surface area contributed by atoms with Gasteiger partial charge in [-0.3, -0.25) is 0 Å². The first-order chi connectivity index (χ1) is 7.13. The number of hydrogen-bond acceptors (Lipinski definition) is 4. The molecular weight excluding hydrogens is 188 g/mol. The van der Waals surface area contributed by atoms with Crippen molar-refractivity contribution in [3.05, 3.63) is 29.5 Å². The molecule has 0 aliphatic heterocycles. The second kappa shape index (κ2) is 5.01. The minimum Gasteiger partial charge on any atom is -0.397 e. The Bertz CT molecular complexity index is 411. The molecule has 0 radical (unpaired) electrons.